The van der Waals surface area contributed by atoms with Gasteiger partial charge in [-0.05, 0) is 31.2 Å². The third-order valence-corrected chi connectivity index (χ3v) is 2.92. The molecule has 1 aromatic carbocycles. The number of nitrogens with zero attached hydrogens (tertiary/aromatic N) is 2. The first-order valence-electron chi connectivity index (χ1n) is 5.97. The van der Waals surface area contributed by atoms with Gasteiger partial charge in [0.1, 0.15) is 11.6 Å². The average molecular weight is 256 g/mol. The summed E-state index contributed by atoms with van der Waals surface area (Å²) in [5.74, 6) is 1.41. The molecule has 4 nitrogen and oxygen atoms in total. The Labute approximate surface area is 112 Å². The molecule has 1 heterocycles. The molecule has 0 aliphatic heterocycles. The van der Waals surface area contributed by atoms with Crippen LogP contribution in [-0.4, -0.2) is 24.9 Å². The number of rotatable bonds is 4. The number of hydrogen-bond acceptors (Lipinski definition) is 4. The fraction of sp³-hybridized carbons (Fsp3) is 0.200. The van der Waals surface area contributed by atoms with E-state index in [1.54, 1.807) is 32.4 Å². The first-order chi connectivity index (χ1) is 9.13. The number of ether oxygens (including phenoxy) is 1. The predicted octanol–water partition coefficient (Wildman–Crippen LogP) is 3.06. The first kappa shape index (κ1) is 13.1. The van der Waals surface area contributed by atoms with Crippen LogP contribution in [0.1, 0.15) is 17.3 Å². The molecular weight excluding hydrogens is 240 g/mol. The van der Waals surface area contributed by atoms with Crippen LogP contribution in [0.3, 0.4) is 0 Å². The third-order valence-electron chi connectivity index (χ3n) is 2.92. The van der Waals surface area contributed by atoms with Crippen LogP contribution in [0, 0.1) is 0 Å². The number of carbonyl (C=O) groups is 1. The van der Waals surface area contributed by atoms with Gasteiger partial charge in [-0.3, -0.25) is 4.79 Å². The lowest BCUT2D eigenvalue weighted by atomic mass is 10.1. The molecule has 2 rings (SSSR count). The zero-order chi connectivity index (χ0) is 13.8. The summed E-state index contributed by atoms with van der Waals surface area (Å²) in [6.45, 7) is 1.54. The topological polar surface area (TPSA) is 42.4 Å². The van der Waals surface area contributed by atoms with Gasteiger partial charge in [0, 0.05) is 25.0 Å². The van der Waals surface area contributed by atoms with Crippen LogP contribution in [0.25, 0.3) is 0 Å². The molecule has 2 aromatic rings. The highest BCUT2D eigenvalue weighted by Gasteiger charge is 2.13. The number of pyridine rings is 1. The monoisotopic (exact) mass is 256 g/mol. The molecule has 0 bridgehead atoms. The molecule has 0 amide bonds. The van der Waals surface area contributed by atoms with E-state index >= 15 is 0 Å². The molecule has 0 aliphatic carbocycles. The molecule has 0 fully saturated rings. The Kier molecular flexibility index (Phi) is 3.80. The molecular formula is C15H16N2O2. The lowest BCUT2D eigenvalue weighted by Gasteiger charge is -2.20. The van der Waals surface area contributed by atoms with E-state index in [9.17, 15) is 4.79 Å². The maximum atomic E-state index is 11.6. The molecule has 1 aromatic heterocycles. The summed E-state index contributed by atoms with van der Waals surface area (Å²) in [5, 5.41) is 0. The summed E-state index contributed by atoms with van der Waals surface area (Å²) in [7, 11) is 3.50. The van der Waals surface area contributed by atoms with Crippen molar-refractivity contribution < 1.29 is 9.53 Å². The van der Waals surface area contributed by atoms with Crippen molar-refractivity contribution in [2.75, 3.05) is 19.1 Å². The van der Waals surface area contributed by atoms with E-state index in [1.807, 2.05) is 36.2 Å². The third kappa shape index (κ3) is 2.73. The van der Waals surface area contributed by atoms with Crippen LogP contribution in [0.15, 0.2) is 42.6 Å². The van der Waals surface area contributed by atoms with Crippen LogP contribution in [0.2, 0.25) is 0 Å². The second kappa shape index (κ2) is 5.52. The van der Waals surface area contributed by atoms with E-state index in [1.165, 1.54) is 0 Å². The Balaban J connectivity index is 2.43. The molecule has 0 unspecified atom stereocenters. The van der Waals surface area contributed by atoms with Crippen LogP contribution in [0.5, 0.6) is 5.75 Å². The van der Waals surface area contributed by atoms with Gasteiger partial charge in [-0.2, -0.15) is 0 Å². The van der Waals surface area contributed by atoms with Gasteiger partial charge in [-0.25, -0.2) is 4.98 Å². The molecule has 0 spiro atoms. The van der Waals surface area contributed by atoms with Gasteiger partial charge in [-0.15, -0.1) is 0 Å². The molecule has 0 radical (unpaired) electrons. The zero-order valence-electron chi connectivity index (χ0n) is 11.3. The Morgan fingerprint density at radius 2 is 2.05 bits per heavy atom. The molecule has 98 valence electrons. The maximum absolute atomic E-state index is 11.6. The van der Waals surface area contributed by atoms with Gasteiger partial charge in [0.05, 0.1) is 12.7 Å². The van der Waals surface area contributed by atoms with E-state index in [4.69, 9.17) is 4.74 Å². The lowest BCUT2D eigenvalue weighted by molar-refractivity contribution is 0.101. The second-order valence-corrected chi connectivity index (χ2v) is 4.19. The SMILES string of the molecule is COc1cccc(N(C)c2ncccc2C(C)=O)c1. The van der Waals surface area contributed by atoms with Gasteiger partial charge in [-0.1, -0.05) is 6.07 Å². The molecule has 0 aliphatic rings. The van der Waals surface area contributed by atoms with Gasteiger partial charge in [0.25, 0.3) is 0 Å². The van der Waals surface area contributed by atoms with Crippen molar-refractivity contribution in [3.05, 3.63) is 48.2 Å². The maximum Gasteiger partial charge on any atom is 0.163 e. The van der Waals surface area contributed by atoms with Crippen molar-refractivity contribution in [3.63, 3.8) is 0 Å². The number of aromatic nitrogens is 1. The van der Waals surface area contributed by atoms with Gasteiger partial charge in [0.15, 0.2) is 5.78 Å². The summed E-state index contributed by atoms with van der Waals surface area (Å²) in [6.07, 6.45) is 1.68. The fourth-order valence-electron chi connectivity index (χ4n) is 1.88. The molecule has 0 atom stereocenters. The Morgan fingerprint density at radius 1 is 1.26 bits per heavy atom. The number of Topliss-reactive ketones (excluding diaryl/α,β-unsaturated/α-hetero) is 1. The second-order valence-electron chi connectivity index (χ2n) is 4.19. The predicted molar refractivity (Wildman–Crippen MR) is 75.3 cm³/mol. The van der Waals surface area contributed by atoms with Gasteiger partial charge in [0.2, 0.25) is 0 Å². The number of carbonyl (C=O) groups excluding carboxylic acids is 1. The van der Waals surface area contributed by atoms with Gasteiger partial charge >= 0.3 is 0 Å². The Hall–Kier alpha value is -2.36. The number of anilines is 2. The number of hydrogen-bond donors (Lipinski definition) is 0. The van der Waals surface area contributed by atoms with Crippen LogP contribution >= 0.6 is 0 Å². The van der Waals surface area contributed by atoms with E-state index in [0.717, 1.165) is 11.4 Å². The molecule has 0 N–H and O–H groups in total. The fourth-order valence-corrected chi connectivity index (χ4v) is 1.88. The van der Waals surface area contributed by atoms with Crippen LogP contribution in [-0.2, 0) is 0 Å². The zero-order valence-corrected chi connectivity index (χ0v) is 11.3. The minimum atomic E-state index is -0.00199. The summed E-state index contributed by atoms with van der Waals surface area (Å²) < 4.78 is 5.20. The summed E-state index contributed by atoms with van der Waals surface area (Å²) in [5.41, 5.74) is 1.52. The number of benzene rings is 1. The number of methoxy groups -OCH3 is 1. The van der Waals surface area contributed by atoms with E-state index in [2.05, 4.69) is 4.98 Å². The first-order valence-corrected chi connectivity index (χ1v) is 5.97. The smallest absolute Gasteiger partial charge is 0.163 e. The average Bonchev–Trinajstić information content (AvgIpc) is 2.46. The Bertz CT molecular complexity index is 596. The minimum Gasteiger partial charge on any atom is -0.497 e. The van der Waals surface area contributed by atoms with Crippen molar-refractivity contribution >= 4 is 17.3 Å². The normalized spacial score (nSPS) is 10.1. The highest BCUT2D eigenvalue weighted by Crippen LogP contribution is 2.27. The van der Waals surface area contributed by atoms with Crippen molar-refractivity contribution in [2.45, 2.75) is 6.92 Å². The van der Waals surface area contributed by atoms with Crippen molar-refractivity contribution in [3.8, 4) is 5.75 Å². The molecule has 19 heavy (non-hydrogen) atoms. The number of ketones is 1. The highest BCUT2D eigenvalue weighted by molar-refractivity contribution is 5.99. The highest BCUT2D eigenvalue weighted by atomic mass is 16.5. The van der Waals surface area contributed by atoms with E-state index in [-0.39, 0.29) is 5.78 Å². The molecule has 0 saturated carbocycles. The quantitative estimate of drug-likeness (QED) is 0.788. The Morgan fingerprint density at radius 3 is 2.74 bits per heavy atom. The lowest BCUT2D eigenvalue weighted by Crippen LogP contribution is -2.15. The van der Waals surface area contributed by atoms with Crippen LogP contribution < -0.4 is 9.64 Å². The summed E-state index contributed by atoms with van der Waals surface area (Å²) in [6, 6.07) is 11.2. The summed E-state index contributed by atoms with van der Waals surface area (Å²) in [4.78, 5) is 17.8. The summed E-state index contributed by atoms with van der Waals surface area (Å²) >= 11 is 0. The molecule has 4 heteroatoms. The van der Waals surface area contributed by atoms with Gasteiger partial charge < -0.3 is 9.64 Å². The van der Waals surface area contributed by atoms with Crippen LogP contribution in [0.4, 0.5) is 11.5 Å². The van der Waals surface area contributed by atoms with E-state index in [0.29, 0.717) is 11.4 Å². The standard InChI is InChI=1S/C15H16N2O2/c1-11(18)14-8-5-9-16-15(14)17(2)12-6-4-7-13(10-12)19-3/h4-10H,1-3H3. The van der Waals surface area contributed by atoms with Crippen molar-refractivity contribution in [1.82, 2.24) is 4.98 Å². The largest absolute Gasteiger partial charge is 0.497 e. The van der Waals surface area contributed by atoms with Crippen molar-refractivity contribution in [2.24, 2.45) is 0 Å². The van der Waals surface area contributed by atoms with Crippen molar-refractivity contribution in [1.29, 1.82) is 0 Å². The minimum absolute atomic E-state index is 0.00199. The molecule has 0 saturated heterocycles. The van der Waals surface area contributed by atoms with E-state index < -0.39 is 0 Å².